The summed E-state index contributed by atoms with van der Waals surface area (Å²) >= 11 is 0. The Morgan fingerprint density at radius 3 is 1.41 bits per heavy atom. The minimum Gasteiger partial charge on any atom is -0.458 e. The Hall–Kier alpha value is -1.81. The normalized spacial score (nSPS) is 14.1. The average Bonchev–Trinajstić information content (AvgIpc) is 3.22. The molecule has 0 spiro atoms. The van der Waals surface area contributed by atoms with Gasteiger partial charge in [0, 0.05) is 12.5 Å². The van der Waals surface area contributed by atoms with Crippen molar-refractivity contribution in [3.8, 4) is 0 Å². The molecule has 59 heavy (non-hydrogen) atoms. The maximum atomic E-state index is 12.6. The molecule has 10 nitrogen and oxygen atoms in total. The van der Waals surface area contributed by atoms with Crippen molar-refractivity contribution in [1.82, 2.24) is 0 Å². The van der Waals surface area contributed by atoms with Gasteiger partial charge < -0.3 is 24.6 Å². The first kappa shape index (κ1) is 57.2. The summed E-state index contributed by atoms with van der Waals surface area (Å²) in [5, 5.41) is 18.4. The fourth-order valence-corrected chi connectivity index (χ4v) is 7.46. The van der Waals surface area contributed by atoms with Crippen LogP contribution in [-0.4, -0.2) is 65.7 Å². The first-order valence-corrected chi connectivity index (χ1v) is 25.5. The second-order valence-electron chi connectivity index (χ2n) is 16.2. The maximum Gasteiger partial charge on any atom is 0.472 e. The number of phosphoric ester groups is 1. The highest BCUT2D eigenvalue weighted by Gasteiger charge is 2.27. The van der Waals surface area contributed by atoms with Gasteiger partial charge in [-0.1, -0.05) is 198 Å². The predicted octanol–water partition coefficient (Wildman–Crippen LogP) is 13.1. The highest BCUT2D eigenvalue weighted by molar-refractivity contribution is 7.47. The van der Waals surface area contributed by atoms with E-state index in [0.717, 1.165) is 32.1 Å². The van der Waals surface area contributed by atoms with Crippen molar-refractivity contribution >= 4 is 19.8 Å². The van der Waals surface area contributed by atoms with Gasteiger partial charge in [0.1, 0.15) is 12.7 Å². The molecule has 0 aromatic heterocycles. The summed E-state index contributed by atoms with van der Waals surface area (Å²) in [6.07, 6.45) is 47.4. The number of aliphatic hydroxyl groups excluding tert-OH is 2. The fraction of sp³-hybridized carbons (Fsp3) is 0.833. The molecular formula is C48H89O10P. The molecule has 0 heterocycles. The van der Waals surface area contributed by atoms with Crippen LogP contribution in [0.5, 0.6) is 0 Å². The number of ether oxygens (including phenoxy) is 2. The lowest BCUT2D eigenvalue weighted by atomic mass is 10.0. The van der Waals surface area contributed by atoms with E-state index >= 15 is 0 Å². The van der Waals surface area contributed by atoms with Gasteiger partial charge in [-0.25, -0.2) is 9.36 Å². The van der Waals surface area contributed by atoms with E-state index in [9.17, 15) is 24.2 Å². The molecule has 0 aliphatic rings. The largest absolute Gasteiger partial charge is 0.472 e. The lowest BCUT2D eigenvalue weighted by Crippen LogP contribution is -2.29. The zero-order valence-electron chi connectivity index (χ0n) is 37.7. The summed E-state index contributed by atoms with van der Waals surface area (Å²) in [6, 6.07) is 0. The van der Waals surface area contributed by atoms with E-state index in [4.69, 9.17) is 19.1 Å². The minimum absolute atomic E-state index is 0.165. The molecule has 0 fully saturated rings. The molecule has 0 aliphatic carbocycles. The Morgan fingerprint density at radius 1 is 0.542 bits per heavy atom. The summed E-state index contributed by atoms with van der Waals surface area (Å²) < 4.78 is 32.6. The minimum atomic E-state index is -4.64. The second kappa shape index (κ2) is 44.3. The number of carbonyl (C=O) groups excluding carboxylic acids is 2. The molecule has 346 valence electrons. The van der Waals surface area contributed by atoms with Crippen molar-refractivity contribution in [2.24, 2.45) is 0 Å². The van der Waals surface area contributed by atoms with Crippen molar-refractivity contribution < 1.29 is 47.8 Å². The summed E-state index contributed by atoms with van der Waals surface area (Å²) in [5.74, 6) is -1.17. The number of hydrogen-bond acceptors (Lipinski definition) is 9. The fourth-order valence-electron chi connectivity index (χ4n) is 6.67. The van der Waals surface area contributed by atoms with Gasteiger partial charge in [-0.3, -0.25) is 13.8 Å². The van der Waals surface area contributed by atoms with E-state index in [1.165, 1.54) is 167 Å². The zero-order chi connectivity index (χ0) is 43.3. The number of unbranched alkanes of at least 4 members (excludes halogenated alkanes) is 28. The molecule has 0 saturated heterocycles. The molecule has 3 N–H and O–H groups in total. The number of aliphatic hydroxyl groups is 2. The van der Waals surface area contributed by atoms with Gasteiger partial charge in [-0.05, 0) is 44.9 Å². The van der Waals surface area contributed by atoms with E-state index in [2.05, 4.69) is 30.5 Å². The van der Waals surface area contributed by atoms with Crippen LogP contribution >= 0.6 is 7.82 Å². The van der Waals surface area contributed by atoms with Crippen molar-refractivity contribution in [2.45, 2.75) is 232 Å². The Bertz CT molecular complexity index is 1080. The Morgan fingerprint density at radius 2 is 0.949 bits per heavy atom. The van der Waals surface area contributed by atoms with Gasteiger partial charge in [0.25, 0.3) is 0 Å². The lowest BCUT2D eigenvalue weighted by Gasteiger charge is -2.20. The number of allylic oxidation sites excluding steroid dienone is 5. The number of phosphoric acid groups is 1. The molecule has 0 amide bonds. The molecule has 0 aromatic carbocycles. The third-order valence-corrected chi connectivity index (χ3v) is 11.3. The zero-order valence-corrected chi connectivity index (χ0v) is 38.6. The molecule has 0 radical (unpaired) electrons. The maximum absolute atomic E-state index is 12.6. The predicted molar refractivity (Wildman–Crippen MR) is 242 cm³/mol. The van der Waals surface area contributed by atoms with E-state index in [0.29, 0.717) is 6.42 Å². The highest BCUT2D eigenvalue weighted by atomic mass is 31.2. The molecule has 1 unspecified atom stereocenters. The molecule has 0 saturated carbocycles. The van der Waals surface area contributed by atoms with Crippen LogP contribution in [0.1, 0.15) is 219 Å². The molecule has 0 bridgehead atoms. The van der Waals surface area contributed by atoms with Gasteiger partial charge in [-0.2, -0.15) is 0 Å². The highest BCUT2D eigenvalue weighted by Crippen LogP contribution is 2.43. The molecule has 11 heteroatoms. The van der Waals surface area contributed by atoms with Crippen molar-refractivity contribution in [2.75, 3.05) is 26.4 Å². The average molecular weight is 857 g/mol. The SMILES string of the molecule is CCCCCCCC/C=C/CCCCCCCCCCCCCC(=O)O[C@H](COC(=O)/C=C/C=C/CCCCCCCCCCCCC)COP(=O)(O)OC[C@@H](O)CO. The van der Waals surface area contributed by atoms with Crippen LogP contribution in [0.2, 0.25) is 0 Å². The van der Waals surface area contributed by atoms with E-state index in [1.807, 2.05) is 6.08 Å². The van der Waals surface area contributed by atoms with Crippen LogP contribution in [-0.2, 0) is 32.7 Å². The van der Waals surface area contributed by atoms with Gasteiger partial charge in [-0.15, -0.1) is 0 Å². The van der Waals surface area contributed by atoms with Gasteiger partial charge in [0.15, 0.2) is 6.10 Å². The number of esters is 2. The second-order valence-corrected chi connectivity index (χ2v) is 17.7. The quantitative estimate of drug-likeness (QED) is 0.0135. The summed E-state index contributed by atoms with van der Waals surface area (Å²) in [6.45, 7) is 2.27. The lowest BCUT2D eigenvalue weighted by molar-refractivity contribution is -0.159. The standard InChI is InChI=1S/C48H89O10P/c1-3-5-7-9-11-13-15-17-19-20-21-22-23-24-26-28-30-32-34-36-38-40-48(52)58-46(44-57-59(53,54)56-42-45(50)41-49)43-55-47(51)39-37-35-33-31-29-27-25-18-16-14-12-10-8-6-4-2/h17,19,33,35,37,39,45-46,49-50H,3-16,18,20-32,34,36,38,40-44H2,1-2H3,(H,53,54)/b19-17+,35-33+,39-37+/t45-,46+/m0/s1. The van der Waals surface area contributed by atoms with Crippen LogP contribution in [0.4, 0.5) is 0 Å². The van der Waals surface area contributed by atoms with Crippen LogP contribution in [0.25, 0.3) is 0 Å². The van der Waals surface area contributed by atoms with Gasteiger partial charge in [0.2, 0.25) is 0 Å². The molecule has 3 atom stereocenters. The van der Waals surface area contributed by atoms with Crippen LogP contribution in [0.3, 0.4) is 0 Å². The third kappa shape index (κ3) is 44.1. The van der Waals surface area contributed by atoms with Crippen LogP contribution < -0.4 is 0 Å². The first-order chi connectivity index (χ1) is 28.7. The first-order valence-electron chi connectivity index (χ1n) is 24.0. The topological polar surface area (TPSA) is 149 Å². The van der Waals surface area contributed by atoms with E-state index < -0.39 is 51.8 Å². The Balaban J connectivity index is 4.27. The number of hydrogen-bond donors (Lipinski definition) is 3. The molecule has 0 aromatic rings. The monoisotopic (exact) mass is 857 g/mol. The summed E-state index contributed by atoms with van der Waals surface area (Å²) in [4.78, 5) is 34.9. The van der Waals surface area contributed by atoms with Crippen molar-refractivity contribution in [1.29, 1.82) is 0 Å². The summed E-state index contributed by atoms with van der Waals surface area (Å²) in [7, 11) is -4.64. The van der Waals surface area contributed by atoms with Gasteiger partial charge in [0.05, 0.1) is 19.8 Å². The van der Waals surface area contributed by atoms with Crippen molar-refractivity contribution in [3.63, 3.8) is 0 Å². The number of carbonyl (C=O) groups is 2. The Kier molecular flexibility index (Phi) is 42.9. The van der Waals surface area contributed by atoms with Crippen LogP contribution in [0, 0.1) is 0 Å². The molecular weight excluding hydrogens is 767 g/mol. The smallest absolute Gasteiger partial charge is 0.458 e. The molecule has 0 aliphatic heterocycles. The third-order valence-electron chi connectivity index (χ3n) is 10.4. The van der Waals surface area contributed by atoms with Crippen molar-refractivity contribution in [3.05, 3.63) is 36.5 Å². The van der Waals surface area contributed by atoms with E-state index in [-0.39, 0.29) is 13.0 Å². The Labute approximate surface area is 361 Å². The summed E-state index contributed by atoms with van der Waals surface area (Å²) in [5.41, 5.74) is 0. The molecule has 0 rings (SSSR count). The van der Waals surface area contributed by atoms with Gasteiger partial charge >= 0.3 is 19.8 Å². The van der Waals surface area contributed by atoms with Crippen LogP contribution in [0.15, 0.2) is 36.5 Å². The number of rotatable bonds is 45. The van der Waals surface area contributed by atoms with E-state index in [1.54, 1.807) is 12.2 Å².